The minimum absolute atomic E-state index is 0.246. The smallest absolute Gasteiger partial charge is 0.275 e. The second-order valence-electron chi connectivity index (χ2n) is 7.25. The summed E-state index contributed by atoms with van der Waals surface area (Å²) in [5.41, 5.74) is 1.45. The first kappa shape index (κ1) is 15.5. The third-order valence-corrected chi connectivity index (χ3v) is 5.31. The van der Waals surface area contributed by atoms with Gasteiger partial charge in [0.2, 0.25) is 0 Å². The molecular formula is C19H29N2O+. The summed E-state index contributed by atoms with van der Waals surface area (Å²) in [6.45, 7) is 5.09. The summed E-state index contributed by atoms with van der Waals surface area (Å²) in [6, 6.07) is 11.2. The van der Waals surface area contributed by atoms with Gasteiger partial charge in [-0.25, -0.2) is 0 Å². The van der Waals surface area contributed by atoms with Gasteiger partial charge in [0.15, 0.2) is 6.54 Å². The van der Waals surface area contributed by atoms with E-state index < -0.39 is 0 Å². The van der Waals surface area contributed by atoms with Crippen LogP contribution < -0.4 is 10.2 Å². The zero-order valence-corrected chi connectivity index (χ0v) is 13.7. The first-order chi connectivity index (χ1) is 10.7. The SMILES string of the molecule is C[C@@H](NC(=O)C[NH+]1CCC(Cc2ccccc2)CC1)C1CC1. The van der Waals surface area contributed by atoms with Crippen molar-refractivity contribution in [2.75, 3.05) is 19.6 Å². The lowest BCUT2D eigenvalue weighted by Crippen LogP contribution is -3.14. The van der Waals surface area contributed by atoms with Crippen LogP contribution in [0.2, 0.25) is 0 Å². The first-order valence-electron chi connectivity index (χ1n) is 8.87. The Balaban J connectivity index is 1.37. The number of quaternary nitrogens is 1. The molecule has 1 aliphatic heterocycles. The fraction of sp³-hybridized carbons (Fsp3) is 0.632. The predicted octanol–water partition coefficient (Wildman–Crippen LogP) is 1.44. The van der Waals surface area contributed by atoms with E-state index in [4.69, 9.17) is 0 Å². The maximum atomic E-state index is 12.1. The molecule has 1 heterocycles. The van der Waals surface area contributed by atoms with E-state index in [2.05, 4.69) is 42.6 Å². The Kier molecular flexibility index (Phi) is 5.14. The molecule has 0 bridgehead atoms. The van der Waals surface area contributed by atoms with Crippen molar-refractivity contribution >= 4 is 5.91 Å². The van der Waals surface area contributed by atoms with Gasteiger partial charge in [-0.15, -0.1) is 0 Å². The molecule has 0 radical (unpaired) electrons. The fourth-order valence-electron chi connectivity index (χ4n) is 3.66. The van der Waals surface area contributed by atoms with Crippen LogP contribution in [0.1, 0.15) is 38.2 Å². The summed E-state index contributed by atoms with van der Waals surface area (Å²) in [7, 11) is 0. The van der Waals surface area contributed by atoms with Crippen molar-refractivity contribution in [3.8, 4) is 0 Å². The Morgan fingerprint density at radius 2 is 1.86 bits per heavy atom. The van der Waals surface area contributed by atoms with E-state index in [1.807, 2.05) is 0 Å². The number of carbonyl (C=O) groups is 1. The molecule has 1 saturated carbocycles. The van der Waals surface area contributed by atoms with Gasteiger partial charge < -0.3 is 10.2 Å². The maximum Gasteiger partial charge on any atom is 0.275 e. The molecule has 1 amide bonds. The van der Waals surface area contributed by atoms with Crippen LogP contribution in [0.4, 0.5) is 0 Å². The Labute approximate surface area is 134 Å². The molecule has 3 heteroatoms. The van der Waals surface area contributed by atoms with Gasteiger partial charge in [0.1, 0.15) is 0 Å². The van der Waals surface area contributed by atoms with Crippen LogP contribution in [0, 0.1) is 11.8 Å². The van der Waals surface area contributed by atoms with Crippen molar-refractivity contribution in [2.45, 2.75) is 45.1 Å². The normalized spacial score (nSPS) is 26.4. The molecule has 2 aliphatic rings. The molecule has 0 spiro atoms. The summed E-state index contributed by atoms with van der Waals surface area (Å²) in [5, 5.41) is 3.18. The van der Waals surface area contributed by atoms with Gasteiger partial charge in [-0.05, 0) is 56.4 Å². The number of nitrogens with one attached hydrogen (secondary N) is 2. The fourth-order valence-corrected chi connectivity index (χ4v) is 3.66. The van der Waals surface area contributed by atoms with Gasteiger partial charge in [-0.2, -0.15) is 0 Å². The van der Waals surface area contributed by atoms with Crippen molar-refractivity contribution in [1.29, 1.82) is 0 Å². The zero-order chi connectivity index (χ0) is 15.4. The van der Waals surface area contributed by atoms with E-state index >= 15 is 0 Å². The minimum atomic E-state index is 0.246. The molecule has 22 heavy (non-hydrogen) atoms. The largest absolute Gasteiger partial charge is 0.348 e. The van der Waals surface area contributed by atoms with Crippen molar-refractivity contribution in [3.05, 3.63) is 35.9 Å². The van der Waals surface area contributed by atoms with Crippen molar-refractivity contribution in [2.24, 2.45) is 11.8 Å². The quantitative estimate of drug-likeness (QED) is 0.819. The summed E-state index contributed by atoms with van der Waals surface area (Å²) in [4.78, 5) is 13.6. The third-order valence-electron chi connectivity index (χ3n) is 5.31. The lowest BCUT2D eigenvalue weighted by atomic mass is 9.90. The molecular weight excluding hydrogens is 272 g/mol. The molecule has 120 valence electrons. The highest BCUT2D eigenvalue weighted by Crippen LogP contribution is 2.32. The van der Waals surface area contributed by atoms with Crippen LogP contribution in [0.3, 0.4) is 0 Å². The number of likely N-dealkylation sites (tertiary alicyclic amines) is 1. The number of hydrogen-bond acceptors (Lipinski definition) is 1. The summed E-state index contributed by atoms with van der Waals surface area (Å²) in [5.74, 6) is 1.78. The average Bonchev–Trinajstić information content (AvgIpc) is 3.35. The second kappa shape index (κ2) is 7.28. The minimum Gasteiger partial charge on any atom is -0.348 e. The van der Waals surface area contributed by atoms with E-state index in [1.54, 1.807) is 0 Å². The molecule has 1 aromatic carbocycles. The number of piperidine rings is 1. The van der Waals surface area contributed by atoms with Gasteiger partial charge in [0.25, 0.3) is 5.91 Å². The Morgan fingerprint density at radius 1 is 1.18 bits per heavy atom. The number of carbonyl (C=O) groups excluding carboxylic acids is 1. The highest BCUT2D eigenvalue weighted by Gasteiger charge is 2.30. The highest BCUT2D eigenvalue weighted by molar-refractivity contribution is 5.77. The van der Waals surface area contributed by atoms with E-state index in [0.717, 1.165) is 24.9 Å². The maximum absolute atomic E-state index is 12.1. The van der Waals surface area contributed by atoms with Gasteiger partial charge in [0, 0.05) is 6.04 Å². The molecule has 2 fully saturated rings. The summed E-state index contributed by atoms with van der Waals surface area (Å²) in [6.07, 6.45) is 6.27. The van der Waals surface area contributed by atoms with Crippen LogP contribution in [0.15, 0.2) is 30.3 Å². The zero-order valence-electron chi connectivity index (χ0n) is 13.7. The topological polar surface area (TPSA) is 33.5 Å². The van der Waals surface area contributed by atoms with Crippen molar-refractivity contribution < 1.29 is 9.69 Å². The van der Waals surface area contributed by atoms with E-state index in [1.165, 1.54) is 42.6 Å². The molecule has 3 nitrogen and oxygen atoms in total. The molecule has 1 aliphatic carbocycles. The molecule has 3 rings (SSSR count). The lowest BCUT2D eigenvalue weighted by Gasteiger charge is -2.29. The summed E-state index contributed by atoms with van der Waals surface area (Å²) < 4.78 is 0. The highest BCUT2D eigenvalue weighted by atomic mass is 16.2. The van der Waals surface area contributed by atoms with E-state index in [-0.39, 0.29) is 5.91 Å². The average molecular weight is 301 g/mol. The van der Waals surface area contributed by atoms with Gasteiger partial charge in [0.05, 0.1) is 13.1 Å². The van der Waals surface area contributed by atoms with Gasteiger partial charge in [-0.1, -0.05) is 30.3 Å². The van der Waals surface area contributed by atoms with Crippen LogP contribution in [0.5, 0.6) is 0 Å². The number of amides is 1. The molecule has 2 N–H and O–H groups in total. The van der Waals surface area contributed by atoms with Crippen molar-refractivity contribution in [3.63, 3.8) is 0 Å². The van der Waals surface area contributed by atoms with Crippen LogP contribution in [0.25, 0.3) is 0 Å². The molecule has 0 aromatic heterocycles. The second-order valence-corrected chi connectivity index (χ2v) is 7.25. The Morgan fingerprint density at radius 3 is 2.50 bits per heavy atom. The van der Waals surface area contributed by atoms with Crippen LogP contribution in [-0.2, 0) is 11.2 Å². The Bertz CT molecular complexity index is 475. The third kappa shape index (κ3) is 4.57. The monoisotopic (exact) mass is 301 g/mol. The van der Waals surface area contributed by atoms with E-state index in [0.29, 0.717) is 12.6 Å². The van der Waals surface area contributed by atoms with Gasteiger partial charge in [-0.3, -0.25) is 4.79 Å². The number of hydrogen-bond donors (Lipinski definition) is 2. The lowest BCUT2D eigenvalue weighted by molar-refractivity contribution is -0.898. The number of rotatable bonds is 6. The van der Waals surface area contributed by atoms with E-state index in [9.17, 15) is 4.79 Å². The van der Waals surface area contributed by atoms with Crippen LogP contribution >= 0.6 is 0 Å². The number of benzene rings is 1. The summed E-state index contributed by atoms with van der Waals surface area (Å²) >= 11 is 0. The predicted molar refractivity (Wildman–Crippen MR) is 88.8 cm³/mol. The Hall–Kier alpha value is -1.35. The van der Waals surface area contributed by atoms with Crippen molar-refractivity contribution in [1.82, 2.24) is 5.32 Å². The molecule has 1 saturated heterocycles. The van der Waals surface area contributed by atoms with Gasteiger partial charge >= 0.3 is 0 Å². The van der Waals surface area contributed by atoms with Crippen LogP contribution in [-0.4, -0.2) is 31.6 Å². The molecule has 1 atom stereocenters. The molecule has 0 unspecified atom stereocenters. The first-order valence-corrected chi connectivity index (χ1v) is 8.87. The standard InChI is InChI=1S/C19H28N2O/c1-15(18-7-8-18)20-19(22)14-21-11-9-17(10-12-21)13-16-5-3-2-4-6-16/h2-6,15,17-18H,7-14H2,1H3,(H,20,22)/p+1/t15-/m1/s1. The molecule has 1 aromatic rings.